The molecule has 0 spiro atoms. The lowest BCUT2D eigenvalue weighted by atomic mass is 10.0. The number of nitrogens with zero attached hydrogens (tertiary/aromatic N) is 2. The fourth-order valence-electron chi connectivity index (χ4n) is 2.36. The van der Waals surface area contributed by atoms with Crippen molar-refractivity contribution in [2.75, 3.05) is 52.6 Å². The van der Waals surface area contributed by atoms with E-state index in [1.807, 2.05) is 0 Å². The highest BCUT2D eigenvalue weighted by molar-refractivity contribution is 5.57. The Balaban J connectivity index is 1.88. The molecule has 1 N–H and O–H groups in total. The van der Waals surface area contributed by atoms with Gasteiger partial charge >= 0.3 is 0 Å². The van der Waals surface area contributed by atoms with E-state index in [4.69, 9.17) is 0 Å². The average Bonchev–Trinajstić information content (AvgIpc) is 2.70. The number of rotatable bonds is 5. The summed E-state index contributed by atoms with van der Waals surface area (Å²) in [6, 6.07) is 8.66. The summed E-state index contributed by atoms with van der Waals surface area (Å²) in [5.74, 6) is 0.637. The highest BCUT2D eigenvalue weighted by Crippen LogP contribution is 2.31. The first-order valence-electron chi connectivity index (χ1n) is 6.33. The van der Waals surface area contributed by atoms with Crippen LogP contribution in [-0.4, -0.2) is 57.1 Å². The van der Waals surface area contributed by atoms with Gasteiger partial charge in [-0.25, -0.2) is 0 Å². The number of para-hydroxylation sites is 1. The van der Waals surface area contributed by atoms with Crippen molar-refractivity contribution in [3.8, 4) is 0 Å². The molecule has 0 amide bonds. The highest BCUT2D eigenvalue weighted by atomic mass is 15.2. The van der Waals surface area contributed by atoms with Crippen LogP contribution in [0.4, 0.5) is 5.69 Å². The normalized spacial score (nSPS) is 18.5. The molecule has 94 valence electrons. The summed E-state index contributed by atoms with van der Waals surface area (Å²) < 4.78 is 0. The lowest BCUT2D eigenvalue weighted by Gasteiger charge is -2.22. The van der Waals surface area contributed by atoms with Gasteiger partial charge in [-0.2, -0.15) is 0 Å². The standard InChI is InChI=1S/C14H23N3/c1-16(2)8-9-17(3)11-12-10-15-14-7-5-4-6-13(12)14/h4-7,12,15H,8-11H2,1-3H3. The molecule has 3 heteroatoms. The molecule has 1 aromatic rings. The number of likely N-dealkylation sites (N-methyl/N-ethyl adjacent to an activating group) is 2. The Hall–Kier alpha value is -1.06. The molecule has 1 aromatic carbocycles. The summed E-state index contributed by atoms with van der Waals surface area (Å²) in [5.41, 5.74) is 2.79. The summed E-state index contributed by atoms with van der Waals surface area (Å²) in [6.07, 6.45) is 0. The lowest BCUT2D eigenvalue weighted by molar-refractivity contribution is 0.272. The summed E-state index contributed by atoms with van der Waals surface area (Å²) >= 11 is 0. The van der Waals surface area contributed by atoms with Gasteiger partial charge in [-0.05, 0) is 32.8 Å². The van der Waals surface area contributed by atoms with Crippen LogP contribution >= 0.6 is 0 Å². The minimum Gasteiger partial charge on any atom is -0.384 e. The second-order valence-electron chi connectivity index (χ2n) is 5.23. The molecular formula is C14H23N3. The van der Waals surface area contributed by atoms with Crippen molar-refractivity contribution in [3.05, 3.63) is 29.8 Å². The van der Waals surface area contributed by atoms with Crippen molar-refractivity contribution in [2.45, 2.75) is 5.92 Å². The Labute approximate surface area is 104 Å². The second-order valence-corrected chi connectivity index (χ2v) is 5.23. The van der Waals surface area contributed by atoms with Crippen LogP contribution in [-0.2, 0) is 0 Å². The molecule has 1 unspecified atom stereocenters. The molecule has 0 radical (unpaired) electrons. The van der Waals surface area contributed by atoms with Crippen molar-refractivity contribution in [3.63, 3.8) is 0 Å². The molecule has 0 saturated carbocycles. The molecule has 0 saturated heterocycles. The van der Waals surface area contributed by atoms with Crippen LogP contribution in [0.5, 0.6) is 0 Å². The van der Waals surface area contributed by atoms with E-state index in [2.05, 4.69) is 60.5 Å². The van der Waals surface area contributed by atoms with E-state index < -0.39 is 0 Å². The van der Waals surface area contributed by atoms with Gasteiger partial charge in [0.2, 0.25) is 0 Å². The van der Waals surface area contributed by atoms with Gasteiger partial charge in [-0.3, -0.25) is 0 Å². The monoisotopic (exact) mass is 233 g/mol. The number of hydrogen-bond donors (Lipinski definition) is 1. The van der Waals surface area contributed by atoms with Crippen molar-refractivity contribution < 1.29 is 0 Å². The van der Waals surface area contributed by atoms with E-state index in [-0.39, 0.29) is 0 Å². The number of anilines is 1. The van der Waals surface area contributed by atoms with E-state index in [1.165, 1.54) is 11.3 Å². The number of fused-ring (bicyclic) bond motifs is 1. The summed E-state index contributed by atoms with van der Waals surface area (Å²) in [7, 11) is 6.46. The van der Waals surface area contributed by atoms with Crippen LogP contribution in [0.1, 0.15) is 11.5 Å². The van der Waals surface area contributed by atoms with Crippen LogP contribution in [0.25, 0.3) is 0 Å². The van der Waals surface area contributed by atoms with E-state index in [0.29, 0.717) is 5.92 Å². The van der Waals surface area contributed by atoms with Gasteiger partial charge in [0, 0.05) is 37.8 Å². The van der Waals surface area contributed by atoms with Gasteiger partial charge in [-0.15, -0.1) is 0 Å². The number of benzene rings is 1. The molecule has 1 aliphatic heterocycles. The molecule has 3 nitrogen and oxygen atoms in total. The number of nitrogens with one attached hydrogen (secondary N) is 1. The predicted octanol–water partition coefficient (Wildman–Crippen LogP) is 1.69. The average molecular weight is 233 g/mol. The largest absolute Gasteiger partial charge is 0.384 e. The minimum atomic E-state index is 0.637. The summed E-state index contributed by atoms with van der Waals surface area (Å²) in [6.45, 7) is 4.47. The van der Waals surface area contributed by atoms with Gasteiger partial charge in [-0.1, -0.05) is 18.2 Å². The van der Waals surface area contributed by atoms with Crippen molar-refractivity contribution in [2.24, 2.45) is 0 Å². The molecule has 2 rings (SSSR count). The van der Waals surface area contributed by atoms with Crippen LogP contribution in [0.2, 0.25) is 0 Å². The molecule has 0 aliphatic carbocycles. The van der Waals surface area contributed by atoms with Crippen molar-refractivity contribution in [1.82, 2.24) is 9.80 Å². The van der Waals surface area contributed by atoms with Crippen LogP contribution in [0, 0.1) is 0 Å². The van der Waals surface area contributed by atoms with Gasteiger partial charge < -0.3 is 15.1 Å². The topological polar surface area (TPSA) is 18.5 Å². The Bertz CT molecular complexity index is 362. The SMILES string of the molecule is CN(C)CCN(C)CC1CNc2ccccc21. The Morgan fingerprint density at radius 1 is 1.18 bits per heavy atom. The third-order valence-electron chi connectivity index (χ3n) is 3.40. The summed E-state index contributed by atoms with van der Waals surface area (Å²) in [5, 5.41) is 3.48. The molecule has 0 fully saturated rings. The first-order chi connectivity index (χ1) is 8.16. The second kappa shape index (κ2) is 5.52. The molecular weight excluding hydrogens is 210 g/mol. The smallest absolute Gasteiger partial charge is 0.0376 e. The fraction of sp³-hybridized carbons (Fsp3) is 0.571. The predicted molar refractivity (Wildman–Crippen MR) is 73.7 cm³/mol. The molecule has 0 bridgehead atoms. The van der Waals surface area contributed by atoms with Crippen molar-refractivity contribution in [1.29, 1.82) is 0 Å². The molecule has 1 atom stereocenters. The first kappa shape index (κ1) is 12.4. The maximum absolute atomic E-state index is 3.48. The molecule has 1 aliphatic rings. The van der Waals surface area contributed by atoms with E-state index >= 15 is 0 Å². The Morgan fingerprint density at radius 3 is 2.71 bits per heavy atom. The lowest BCUT2D eigenvalue weighted by Crippen LogP contribution is -2.32. The molecule has 0 aromatic heterocycles. The van der Waals surface area contributed by atoms with Crippen molar-refractivity contribution >= 4 is 5.69 Å². The van der Waals surface area contributed by atoms with Crippen LogP contribution in [0.15, 0.2) is 24.3 Å². The third-order valence-corrected chi connectivity index (χ3v) is 3.40. The van der Waals surface area contributed by atoms with Gasteiger partial charge in [0.1, 0.15) is 0 Å². The maximum atomic E-state index is 3.48. The minimum absolute atomic E-state index is 0.637. The first-order valence-corrected chi connectivity index (χ1v) is 6.33. The molecule has 17 heavy (non-hydrogen) atoms. The number of hydrogen-bond acceptors (Lipinski definition) is 3. The molecule has 1 heterocycles. The van der Waals surface area contributed by atoms with Crippen LogP contribution in [0.3, 0.4) is 0 Å². The third kappa shape index (κ3) is 3.20. The Morgan fingerprint density at radius 2 is 1.94 bits per heavy atom. The van der Waals surface area contributed by atoms with Gasteiger partial charge in [0.15, 0.2) is 0 Å². The highest BCUT2D eigenvalue weighted by Gasteiger charge is 2.22. The van der Waals surface area contributed by atoms with E-state index in [1.54, 1.807) is 0 Å². The quantitative estimate of drug-likeness (QED) is 0.835. The zero-order valence-corrected chi connectivity index (χ0v) is 11.1. The fourth-order valence-corrected chi connectivity index (χ4v) is 2.36. The maximum Gasteiger partial charge on any atom is 0.0376 e. The van der Waals surface area contributed by atoms with E-state index in [9.17, 15) is 0 Å². The zero-order chi connectivity index (χ0) is 12.3. The van der Waals surface area contributed by atoms with Gasteiger partial charge in [0.05, 0.1) is 0 Å². The zero-order valence-electron chi connectivity index (χ0n) is 11.1. The Kier molecular flexibility index (Phi) is 4.02. The van der Waals surface area contributed by atoms with Gasteiger partial charge in [0.25, 0.3) is 0 Å². The van der Waals surface area contributed by atoms with Crippen LogP contribution < -0.4 is 5.32 Å². The van der Waals surface area contributed by atoms with E-state index in [0.717, 1.165) is 26.2 Å². The summed E-state index contributed by atoms with van der Waals surface area (Å²) in [4.78, 5) is 4.66.